The molecular formula is C36H22N2S2. The number of thiophene rings is 2. The van der Waals surface area contributed by atoms with Gasteiger partial charge < -0.3 is 0 Å². The standard InChI is InChI=1S/C36H22N2S2/c1-2-9-23(10-3-1)24-12-8-13-27(19-24)36-37-30(22-31(38-36)35-21-26-11-4-6-15-32(26)39-35)25-17-18-34-29(20-25)28-14-5-7-16-33(28)40-34/h1-22H. The molecule has 0 spiro atoms. The fourth-order valence-electron chi connectivity index (χ4n) is 5.31. The van der Waals surface area contributed by atoms with Crippen LogP contribution in [-0.4, -0.2) is 9.97 Å². The lowest BCUT2D eigenvalue weighted by molar-refractivity contribution is 1.19. The second-order valence-corrected chi connectivity index (χ2v) is 12.0. The minimum atomic E-state index is 0.734. The third kappa shape index (κ3) is 4.10. The van der Waals surface area contributed by atoms with E-state index in [2.05, 4.69) is 127 Å². The van der Waals surface area contributed by atoms with Crippen LogP contribution in [0.4, 0.5) is 0 Å². The summed E-state index contributed by atoms with van der Waals surface area (Å²) in [5.74, 6) is 0.734. The molecule has 3 aromatic heterocycles. The molecule has 0 aliphatic rings. The Morgan fingerprint density at radius 3 is 2.02 bits per heavy atom. The second-order valence-electron chi connectivity index (χ2n) is 9.87. The molecule has 0 fully saturated rings. The van der Waals surface area contributed by atoms with Gasteiger partial charge >= 0.3 is 0 Å². The van der Waals surface area contributed by atoms with Crippen LogP contribution in [0.3, 0.4) is 0 Å². The molecule has 0 bridgehead atoms. The maximum Gasteiger partial charge on any atom is 0.160 e. The summed E-state index contributed by atoms with van der Waals surface area (Å²) < 4.78 is 3.86. The highest BCUT2D eigenvalue weighted by Gasteiger charge is 2.15. The summed E-state index contributed by atoms with van der Waals surface area (Å²) in [5.41, 5.74) is 6.32. The van der Waals surface area contributed by atoms with E-state index >= 15 is 0 Å². The number of fused-ring (bicyclic) bond motifs is 4. The molecule has 0 atom stereocenters. The van der Waals surface area contributed by atoms with Crippen LogP contribution in [-0.2, 0) is 0 Å². The molecule has 8 rings (SSSR count). The Kier molecular flexibility index (Phi) is 5.54. The Balaban J connectivity index is 1.33. The quantitative estimate of drug-likeness (QED) is 0.219. The number of aromatic nitrogens is 2. The maximum absolute atomic E-state index is 5.16. The van der Waals surface area contributed by atoms with Gasteiger partial charge in [0.15, 0.2) is 5.82 Å². The zero-order valence-electron chi connectivity index (χ0n) is 21.4. The topological polar surface area (TPSA) is 25.8 Å². The molecule has 0 saturated heterocycles. The van der Waals surface area contributed by atoms with Crippen molar-refractivity contribution in [2.75, 3.05) is 0 Å². The third-order valence-electron chi connectivity index (χ3n) is 7.30. The van der Waals surface area contributed by atoms with Crippen LogP contribution in [0.25, 0.3) is 74.6 Å². The van der Waals surface area contributed by atoms with Crippen molar-refractivity contribution in [3.05, 3.63) is 133 Å². The number of nitrogens with zero attached hydrogens (tertiary/aromatic N) is 2. The predicted molar refractivity (Wildman–Crippen MR) is 172 cm³/mol. The first kappa shape index (κ1) is 23.3. The average molecular weight is 547 g/mol. The highest BCUT2D eigenvalue weighted by molar-refractivity contribution is 7.25. The molecule has 0 aliphatic carbocycles. The molecule has 4 heteroatoms. The van der Waals surface area contributed by atoms with Gasteiger partial charge in [-0.3, -0.25) is 0 Å². The van der Waals surface area contributed by atoms with Crippen molar-refractivity contribution in [2.24, 2.45) is 0 Å². The molecule has 188 valence electrons. The lowest BCUT2D eigenvalue weighted by Gasteiger charge is -2.10. The molecule has 0 saturated carbocycles. The van der Waals surface area contributed by atoms with Gasteiger partial charge in [-0.1, -0.05) is 91.0 Å². The molecule has 2 nitrogen and oxygen atoms in total. The maximum atomic E-state index is 5.16. The minimum Gasteiger partial charge on any atom is -0.228 e. The Bertz CT molecular complexity index is 2140. The summed E-state index contributed by atoms with van der Waals surface area (Å²) in [7, 11) is 0. The van der Waals surface area contributed by atoms with Crippen LogP contribution >= 0.6 is 22.7 Å². The van der Waals surface area contributed by atoms with Gasteiger partial charge in [0.2, 0.25) is 0 Å². The van der Waals surface area contributed by atoms with E-state index in [-0.39, 0.29) is 0 Å². The van der Waals surface area contributed by atoms with E-state index in [0.29, 0.717) is 0 Å². The van der Waals surface area contributed by atoms with Crippen molar-refractivity contribution in [1.82, 2.24) is 9.97 Å². The van der Waals surface area contributed by atoms with E-state index in [4.69, 9.17) is 9.97 Å². The van der Waals surface area contributed by atoms with Gasteiger partial charge in [0.25, 0.3) is 0 Å². The molecule has 8 aromatic rings. The van der Waals surface area contributed by atoms with E-state index in [9.17, 15) is 0 Å². The Hall–Kier alpha value is -4.64. The average Bonchev–Trinajstić information content (AvgIpc) is 3.63. The summed E-state index contributed by atoms with van der Waals surface area (Å²) in [5, 5.41) is 3.80. The van der Waals surface area contributed by atoms with Gasteiger partial charge in [-0.2, -0.15) is 0 Å². The summed E-state index contributed by atoms with van der Waals surface area (Å²) in [4.78, 5) is 11.4. The van der Waals surface area contributed by atoms with E-state index in [0.717, 1.165) is 38.8 Å². The molecule has 5 aromatic carbocycles. The Morgan fingerprint density at radius 2 is 1.12 bits per heavy atom. The fraction of sp³-hybridized carbons (Fsp3) is 0. The van der Waals surface area contributed by atoms with Crippen molar-refractivity contribution in [3.8, 4) is 44.3 Å². The first-order valence-electron chi connectivity index (χ1n) is 13.2. The van der Waals surface area contributed by atoms with Crippen molar-refractivity contribution < 1.29 is 0 Å². The Labute approximate surface area is 239 Å². The van der Waals surface area contributed by atoms with Crippen LogP contribution in [0.5, 0.6) is 0 Å². The number of hydrogen-bond donors (Lipinski definition) is 0. The summed E-state index contributed by atoms with van der Waals surface area (Å²) >= 11 is 3.61. The monoisotopic (exact) mass is 546 g/mol. The number of hydrogen-bond acceptors (Lipinski definition) is 4. The number of rotatable bonds is 4. The van der Waals surface area contributed by atoms with Gasteiger partial charge in [0, 0.05) is 36.0 Å². The lowest BCUT2D eigenvalue weighted by atomic mass is 10.0. The molecule has 0 N–H and O–H groups in total. The van der Waals surface area contributed by atoms with Crippen LogP contribution in [0.2, 0.25) is 0 Å². The van der Waals surface area contributed by atoms with Gasteiger partial charge in [0.1, 0.15) is 0 Å². The van der Waals surface area contributed by atoms with E-state index in [1.807, 2.05) is 17.4 Å². The van der Waals surface area contributed by atoms with Gasteiger partial charge in [-0.15, -0.1) is 22.7 Å². The van der Waals surface area contributed by atoms with Gasteiger partial charge in [-0.25, -0.2) is 9.97 Å². The van der Waals surface area contributed by atoms with Crippen LogP contribution < -0.4 is 0 Å². The van der Waals surface area contributed by atoms with Crippen LogP contribution in [0.1, 0.15) is 0 Å². The normalized spacial score (nSPS) is 11.5. The second kappa shape index (κ2) is 9.53. The first-order chi connectivity index (χ1) is 19.8. The third-order valence-corrected chi connectivity index (χ3v) is 9.59. The fourth-order valence-corrected chi connectivity index (χ4v) is 7.42. The molecule has 3 heterocycles. The highest BCUT2D eigenvalue weighted by Crippen LogP contribution is 2.38. The van der Waals surface area contributed by atoms with Crippen LogP contribution in [0.15, 0.2) is 133 Å². The highest BCUT2D eigenvalue weighted by atomic mass is 32.1. The van der Waals surface area contributed by atoms with Crippen molar-refractivity contribution >= 4 is 52.9 Å². The van der Waals surface area contributed by atoms with Gasteiger partial charge in [0.05, 0.1) is 16.3 Å². The van der Waals surface area contributed by atoms with Gasteiger partial charge in [-0.05, 0) is 59.0 Å². The molecule has 0 aliphatic heterocycles. The molecule has 0 unspecified atom stereocenters. The van der Waals surface area contributed by atoms with Crippen molar-refractivity contribution in [3.63, 3.8) is 0 Å². The van der Waals surface area contributed by atoms with Crippen molar-refractivity contribution in [1.29, 1.82) is 0 Å². The number of benzene rings is 5. The smallest absolute Gasteiger partial charge is 0.160 e. The van der Waals surface area contributed by atoms with E-state index in [1.165, 1.54) is 35.8 Å². The predicted octanol–water partition coefficient (Wildman–Crippen LogP) is 10.7. The molecule has 0 amide bonds. The summed E-state index contributed by atoms with van der Waals surface area (Å²) in [6.07, 6.45) is 0. The first-order valence-corrected chi connectivity index (χ1v) is 14.9. The van der Waals surface area contributed by atoms with Crippen LogP contribution in [0, 0.1) is 0 Å². The lowest BCUT2D eigenvalue weighted by Crippen LogP contribution is -1.95. The van der Waals surface area contributed by atoms with Crippen molar-refractivity contribution in [2.45, 2.75) is 0 Å². The molecule has 40 heavy (non-hydrogen) atoms. The minimum absolute atomic E-state index is 0.734. The zero-order chi connectivity index (χ0) is 26.5. The van der Waals surface area contributed by atoms with E-state index in [1.54, 1.807) is 11.3 Å². The molecule has 0 radical (unpaired) electrons. The SMILES string of the molecule is c1ccc(-c2cccc(-c3nc(-c4ccc5sc6ccccc6c5c4)cc(-c4cc5ccccc5s4)n3)c2)cc1. The van der Waals surface area contributed by atoms with E-state index < -0.39 is 0 Å². The Morgan fingerprint density at radius 1 is 0.400 bits per heavy atom. The largest absolute Gasteiger partial charge is 0.228 e. The summed E-state index contributed by atoms with van der Waals surface area (Å²) in [6.45, 7) is 0. The molecular weight excluding hydrogens is 525 g/mol. The summed E-state index contributed by atoms with van der Waals surface area (Å²) in [6, 6.07) is 47.2. The zero-order valence-corrected chi connectivity index (χ0v) is 23.0.